The second kappa shape index (κ2) is 6.51. The second-order valence-corrected chi connectivity index (χ2v) is 4.18. The van der Waals surface area contributed by atoms with Gasteiger partial charge in [-0.05, 0) is 18.2 Å². The lowest BCUT2D eigenvalue weighted by atomic mass is 10.2. The van der Waals surface area contributed by atoms with Crippen LogP contribution in [0, 0.1) is 5.82 Å². The Hall–Kier alpha value is -2.90. The Morgan fingerprint density at radius 3 is 2.86 bits per heavy atom. The van der Waals surface area contributed by atoms with Gasteiger partial charge in [-0.25, -0.2) is 19.0 Å². The van der Waals surface area contributed by atoms with Crippen LogP contribution in [-0.2, 0) is 6.54 Å². The van der Waals surface area contributed by atoms with E-state index in [1.165, 1.54) is 0 Å². The molecule has 0 aliphatic carbocycles. The molecule has 110 valence electrons. The van der Waals surface area contributed by atoms with E-state index in [4.69, 9.17) is 5.11 Å². The number of amides is 2. The highest BCUT2D eigenvalue weighted by Gasteiger charge is 2.13. The van der Waals surface area contributed by atoms with E-state index in [0.717, 1.165) is 18.2 Å². The standard InChI is InChI=1S/C13H13FN4O3/c14-9-1-2-10(12(19)20)11(7-9)17-13(21)16-4-6-18-5-3-15-8-18/h1-3,5,7-8H,4,6H2,(H,19,20)(H2,16,17,21). The molecule has 7 nitrogen and oxygen atoms in total. The van der Waals surface area contributed by atoms with E-state index in [1.807, 2.05) is 0 Å². The van der Waals surface area contributed by atoms with Gasteiger partial charge in [0.2, 0.25) is 0 Å². The molecule has 21 heavy (non-hydrogen) atoms. The third-order valence-corrected chi connectivity index (χ3v) is 2.67. The normalized spacial score (nSPS) is 10.1. The summed E-state index contributed by atoms with van der Waals surface area (Å²) in [5.41, 5.74) is -0.274. The Morgan fingerprint density at radius 2 is 2.19 bits per heavy atom. The Balaban J connectivity index is 1.93. The van der Waals surface area contributed by atoms with Crippen molar-refractivity contribution in [1.82, 2.24) is 14.9 Å². The first-order chi connectivity index (χ1) is 10.1. The summed E-state index contributed by atoms with van der Waals surface area (Å²) in [4.78, 5) is 26.5. The van der Waals surface area contributed by atoms with Crippen molar-refractivity contribution in [2.45, 2.75) is 6.54 Å². The summed E-state index contributed by atoms with van der Waals surface area (Å²) < 4.78 is 14.9. The molecular formula is C13H13FN4O3. The van der Waals surface area contributed by atoms with Crippen molar-refractivity contribution in [3.8, 4) is 0 Å². The Labute approximate surface area is 119 Å². The van der Waals surface area contributed by atoms with Crippen LogP contribution < -0.4 is 10.6 Å². The van der Waals surface area contributed by atoms with E-state index in [2.05, 4.69) is 15.6 Å². The van der Waals surface area contributed by atoms with Crippen molar-refractivity contribution in [2.24, 2.45) is 0 Å². The molecule has 0 aliphatic rings. The molecule has 0 radical (unpaired) electrons. The van der Waals surface area contributed by atoms with Crippen LogP contribution in [0.15, 0.2) is 36.9 Å². The van der Waals surface area contributed by atoms with Crippen LogP contribution in [0.4, 0.5) is 14.9 Å². The minimum absolute atomic E-state index is 0.0948. The molecule has 8 heteroatoms. The zero-order valence-corrected chi connectivity index (χ0v) is 10.9. The van der Waals surface area contributed by atoms with Gasteiger partial charge in [0.25, 0.3) is 0 Å². The average molecular weight is 292 g/mol. The molecule has 0 fully saturated rings. The SMILES string of the molecule is O=C(NCCn1ccnc1)Nc1cc(F)ccc1C(=O)O. The predicted molar refractivity (Wildman–Crippen MR) is 72.6 cm³/mol. The van der Waals surface area contributed by atoms with Gasteiger partial charge in [0.1, 0.15) is 5.82 Å². The van der Waals surface area contributed by atoms with Crippen molar-refractivity contribution < 1.29 is 19.1 Å². The number of carbonyl (C=O) groups excluding carboxylic acids is 1. The molecule has 1 aromatic carbocycles. The largest absolute Gasteiger partial charge is 0.478 e. The maximum atomic E-state index is 13.1. The van der Waals surface area contributed by atoms with Gasteiger partial charge >= 0.3 is 12.0 Å². The number of urea groups is 1. The first kappa shape index (κ1) is 14.5. The molecule has 0 aliphatic heterocycles. The van der Waals surface area contributed by atoms with Crippen LogP contribution in [0.1, 0.15) is 10.4 Å². The van der Waals surface area contributed by atoms with Crippen LogP contribution in [0.25, 0.3) is 0 Å². The van der Waals surface area contributed by atoms with E-state index in [9.17, 15) is 14.0 Å². The average Bonchev–Trinajstić information content (AvgIpc) is 2.91. The van der Waals surface area contributed by atoms with E-state index in [0.29, 0.717) is 13.1 Å². The molecular weight excluding hydrogens is 279 g/mol. The fourth-order valence-corrected chi connectivity index (χ4v) is 1.69. The quantitative estimate of drug-likeness (QED) is 0.779. The van der Waals surface area contributed by atoms with E-state index >= 15 is 0 Å². The smallest absolute Gasteiger partial charge is 0.337 e. The number of aromatic carboxylic acids is 1. The zero-order valence-electron chi connectivity index (χ0n) is 10.9. The Morgan fingerprint density at radius 1 is 1.38 bits per heavy atom. The number of hydrogen-bond acceptors (Lipinski definition) is 3. The highest BCUT2D eigenvalue weighted by molar-refractivity contribution is 5.99. The van der Waals surface area contributed by atoms with Gasteiger partial charge in [-0.2, -0.15) is 0 Å². The van der Waals surface area contributed by atoms with Crippen LogP contribution >= 0.6 is 0 Å². The third kappa shape index (κ3) is 4.03. The van der Waals surface area contributed by atoms with Crippen LogP contribution in [0.3, 0.4) is 0 Å². The number of carboxylic acids is 1. The van der Waals surface area contributed by atoms with Crippen molar-refractivity contribution >= 4 is 17.7 Å². The molecule has 3 N–H and O–H groups in total. The molecule has 0 bridgehead atoms. The fourth-order valence-electron chi connectivity index (χ4n) is 1.69. The molecule has 2 amide bonds. The van der Waals surface area contributed by atoms with Crippen LogP contribution in [0.5, 0.6) is 0 Å². The number of imidazole rings is 1. The number of rotatable bonds is 5. The second-order valence-electron chi connectivity index (χ2n) is 4.18. The molecule has 1 heterocycles. The highest BCUT2D eigenvalue weighted by atomic mass is 19.1. The minimum atomic E-state index is -1.25. The summed E-state index contributed by atoms with van der Waals surface area (Å²) in [6.07, 6.45) is 4.97. The maximum Gasteiger partial charge on any atom is 0.337 e. The number of hydrogen-bond donors (Lipinski definition) is 3. The van der Waals surface area contributed by atoms with Gasteiger partial charge in [-0.15, -0.1) is 0 Å². The first-order valence-electron chi connectivity index (χ1n) is 6.09. The van der Waals surface area contributed by atoms with Crippen LogP contribution in [-0.4, -0.2) is 33.2 Å². The summed E-state index contributed by atoms with van der Waals surface area (Å²) in [5.74, 6) is -1.88. The molecule has 0 unspecified atom stereocenters. The Bertz CT molecular complexity index is 643. The number of anilines is 1. The van der Waals surface area contributed by atoms with Gasteiger partial charge in [0.15, 0.2) is 0 Å². The number of nitrogens with one attached hydrogen (secondary N) is 2. The summed E-state index contributed by atoms with van der Waals surface area (Å²) >= 11 is 0. The predicted octanol–water partition coefficient (Wildman–Crippen LogP) is 1.54. The summed E-state index contributed by atoms with van der Waals surface area (Å²) in [6.45, 7) is 0.836. The molecule has 2 aromatic rings. The molecule has 1 aromatic heterocycles. The lowest BCUT2D eigenvalue weighted by Gasteiger charge is -2.10. The number of aromatic nitrogens is 2. The van der Waals surface area contributed by atoms with Crippen molar-refractivity contribution in [1.29, 1.82) is 0 Å². The number of carboxylic acid groups (broad SMARTS) is 1. The first-order valence-corrected chi connectivity index (χ1v) is 6.09. The van der Waals surface area contributed by atoms with E-state index in [1.54, 1.807) is 23.3 Å². The van der Waals surface area contributed by atoms with E-state index in [-0.39, 0.29) is 11.3 Å². The zero-order chi connectivity index (χ0) is 15.2. The monoisotopic (exact) mass is 292 g/mol. The number of benzene rings is 1. The van der Waals surface area contributed by atoms with Crippen molar-refractivity contribution in [3.63, 3.8) is 0 Å². The van der Waals surface area contributed by atoms with Crippen molar-refractivity contribution in [2.75, 3.05) is 11.9 Å². The van der Waals surface area contributed by atoms with Gasteiger partial charge < -0.3 is 20.3 Å². The summed E-state index contributed by atoms with van der Waals surface area (Å²) in [7, 11) is 0. The van der Waals surface area contributed by atoms with E-state index < -0.39 is 17.8 Å². The highest BCUT2D eigenvalue weighted by Crippen LogP contribution is 2.17. The minimum Gasteiger partial charge on any atom is -0.478 e. The van der Waals surface area contributed by atoms with Crippen LogP contribution in [0.2, 0.25) is 0 Å². The fraction of sp³-hybridized carbons (Fsp3) is 0.154. The van der Waals surface area contributed by atoms with Gasteiger partial charge in [0, 0.05) is 25.5 Å². The van der Waals surface area contributed by atoms with Crippen molar-refractivity contribution in [3.05, 3.63) is 48.3 Å². The third-order valence-electron chi connectivity index (χ3n) is 2.67. The molecule has 0 saturated carbocycles. The molecule has 2 rings (SSSR count). The van der Waals surface area contributed by atoms with Gasteiger partial charge in [0.05, 0.1) is 17.6 Å². The lowest BCUT2D eigenvalue weighted by Crippen LogP contribution is -2.31. The number of carbonyl (C=O) groups is 2. The summed E-state index contributed by atoms with van der Waals surface area (Å²) in [5, 5.41) is 13.8. The summed E-state index contributed by atoms with van der Waals surface area (Å²) in [6, 6.07) is 2.46. The molecule has 0 saturated heterocycles. The Kier molecular flexibility index (Phi) is 4.50. The number of nitrogens with zero attached hydrogens (tertiary/aromatic N) is 2. The molecule has 0 spiro atoms. The topological polar surface area (TPSA) is 96.3 Å². The lowest BCUT2D eigenvalue weighted by molar-refractivity contribution is 0.0698. The molecule has 0 atom stereocenters. The van der Waals surface area contributed by atoms with Gasteiger partial charge in [-0.1, -0.05) is 0 Å². The maximum absolute atomic E-state index is 13.1. The number of halogens is 1. The van der Waals surface area contributed by atoms with Gasteiger partial charge in [-0.3, -0.25) is 0 Å².